The van der Waals surface area contributed by atoms with Crippen molar-refractivity contribution in [1.82, 2.24) is 19.9 Å². The summed E-state index contributed by atoms with van der Waals surface area (Å²) < 4.78 is 0.867. The minimum Gasteiger partial charge on any atom is -0.256 e. The average molecular weight is 339 g/mol. The third kappa shape index (κ3) is 2.48. The number of fused-ring (bicyclic) bond motifs is 1. The smallest absolute Gasteiger partial charge is 0.180 e. The van der Waals surface area contributed by atoms with Gasteiger partial charge in [-0.2, -0.15) is 0 Å². The van der Waals surface area contributed by atoms with Crippen molar-refractivity contribution in [2.45, 2.75) is 6.92 Å². The molecule has 0 aromatic carbocycles. The first-order valence-electron chi connectivity index (χ1n) is 7.02. The van der Waals surface area contributed by atoms with Gasteiger partial charge in [-0.1, -0.05) is 23.7 Å². The van der Waals surface area contributed by atoms with Crippen LogP contribution in [-0.4, -0.2) is 19.9 Å². The second-order valence-corrected chi connectivity index (χ2v) is 6.29. The first kappa shape index (κ1) is 14.2. The summed E-state index contributed by atoms with van der Waals surface area (Å²) in [5, 5.41) is 2.48. The van der Waals surface area contributed by atoms with Crippen molar-refractivity contribution in [1.29, 1.82) is 0 Å². The molecule has 0 amide bonds. The molecule has 4 nitrogen and oxygen atoms in total. The molecule has 0 radical (unpaired) electrons. The van der Waals surface area contributed by atoms with Gasteiger partial charge in [0.05, 0.1) is 15.9 Å². The van der Waals surface area contributed by atoms with Gasteiger partial charge in [-0.05, 0) is 30.7 Å². The van der Waals surface area contributed by atoms with E-state index in [1.807, 2.05) is 42.6 Å². The topological polar surface area (TPSA) is 51.6 Å². The lowest BCUT2D eigenvalue weighted by molar-refractivity contribution is 1.18. The minimum absolute atomic E-state index is 0.445. The quantitative estimate of drug-likeness (QED) is 0.494. The fraction of sp³-hybridized carbons (Fsp3) is 0.0588. The second-order valence-electron chi connectivity index (χ2n) is 5.05. The summed E-state index contributed by atoms with van der Waals surface area (Å²) in [7, 11) is 0. The van der Waals surface area contributed by atoms with Crippen LogP contribution in [-0.2, 0) is 0 Å². The number of rotatable bonds is 2. The number of nitrogens with zero attached hydrogens (tertiary/aromatic N) is 4. The SMILES string of the molecule is Cc1cccnc1-c1csc2c(Cl)nc(-c3ccccn3)nc12. The van der Waals surface area contributed by atoms with Crippen LogP contribution in [0.1, 0.15) is 5.56 Å². The van der Waals surface area contributed by atoms with Crippen LogP contribution >= 0.6 is 22.9 Å². The molecule has 23 heavy (non-hydrogen) atoms. The number of aryl methyl sites for hydroxylation is 1. The maximum Gasteiger partial charge on any atom is 0.180 e. The zero-order valence-corrected chi connectivity index (χ0v) is 13.8. The molecule has 112 valence electrons. The first-order valence-corrected chi connectivity index (χ1v) is 8.28. The molecule has 0 saturated carbocycles. The van der Waals surface area contributed by atoms with Gasteiger partial charge < -0.3 is 0 Å². The molecular weight excluding hydrogens is 328 g/mol. The van der Waals surface area contributed by atoms with Crippen LogP contribution < -0.4 is 0 Å². The fourth-order valence-electron chi connectivity index (χ4n) is 2.43. The van der Waals surface area contributed by atoms with E-state index in [-0.39, 0.29) is 0 Å². The van der Waals surface area contributed by atoms with E-state index in [1.165, 1.54) is 11.3 Å². The number of thiophene rings is 1. The van der Waals surface area contributed by atoms with Gasteiger partial charge >= 0.3 is 0 Å². The van der Waals surface area contributed by atoms with Crippen LogP contribution in [0.15, 0.2) is 48.1 Å². The largest absolute Gasteiger partial charge is 0.256 e. The fourth-order valence-corrected chi connectivity index (χ4v) is 3.60. The van der Waals surface area contributed by atoms with Crippen molar-refractivity contribution in [2.24, 2.45) is 0 Å². The Morgan fingerprint density at radius 1 is 1.00 bits per heavy atom. The van der Waals surface area contributed by atoms with Crippen LogP contribution in [0.25, 0.3) is 33.0 Å². The number of aromatic nitrogens is 4. The molecule has 0 aliphatic heterocycles. The summed E-state index contributed by atoms with van der Waals surface area (Å²) in [4.78, 5) is 17.9. The minimum atomic E-state index is 0.445. The number of halogens is 1. The Kier molecular flexibility index (Phi) is 3.52. The number of hydrogen-bond donors (Lipinski definition) is 0. The summed E-state index contributed by atoms with van der Waals surface area (Å²) in [5.41, 5.74) is 4.51. The third-order valence-electron chi connectivity index (χ3n) is 3.53. The molecule has 0 spiro atoms. The lowest BCUT2D eigenvalue weighted by Crippen LogP contribution is -1.93. The van der Waals surface area contributed by atoms with E-state index >= 15 is 0 Å². The van der Waals surface area contributed by atoms with E-state index in [2.05, 4.69) is 15.0 Å². The van der Waals surface area contributed by atoms with E-state index in [4.69, 9.17) is 16.6 Å². The summed E-state index contributed by atoms with van der Waals surface area (Å²) in [6.45, 7) is 2.04. The zero-order valence-electron chi connectivity index (χ0n) is 12.2. The van der Waals surface area contributed by atoms with Crippen LogP contribution in [0, 0.1) is 6.92 Å². The molecule has 0 N–H and O–H groups in total. The number of pyridine rings is 2. The molecule has 6 heteroatoms. The Balaban J connectivity index is 1.98. The third-order valence-corrected chi connectivity index (χ3v) is 4.89. The monoisotopic (exact) mass is 338 g/mol. The molecule has 4 rings (SSSR count). The highest BCUT2D eigenvalue weighted by Gasteiger charge is 2.16. The van der Waals surface area contributed by atoms with Crippen molar-refractivity contribution in [3.63, 3.8) is 0 Å². The van der Waals surface area contributed by atoms with Gasteiger partial charge in [0.15, 0.2) is 11.0 Å². The highest BCUT2D eigenvalue weighted by Crippen LogP contribution is 2.37. The molecular formula is C17H11ClN4S. The first-order chi connectivity index (χ1) is 11.2. The van der Waals surface area contributed by atoms with Gasteiger partial charge in [-0.3, -0.25) is 9.97 Å². The van der Waals surface area contributed by atoms with E-state index < -0.39 is 0 Å². The zero-order chi connectivity index (χ0) is 15.8. The van der Waals surface area contributed by atoms with Crippen molar-refractivity contribution < 1.29 is 0 Å². The highest BCUT2D eigenvalue weighted by atomic mass is 35.5. The molecule has 0 bridgehead atoms. The van der Waals surface area contributed by atoms with Crippen molar-refractivity contribution in [2.75, 3.05) is 0 Å². The summed E-state index contributed by atoms with van der Waals surface area (Å²) in [6.07, 6.45) is 3.50. The highest BCUT2D eigenvalue weighted by molar-refractivity contribution is 7.18. The molecule has 0 saturated heterocycles. The molecule has 0 unspecified atom stereocenters. The standard InChI is InChI=1S/C17H11ClN4S/c1-10-5-4-8-20-13(10)11-9-23-15-14(11)21-17(22-16(15)18)12-6-2-3-7-19-12/h2-9H,1H3. The lowest BCUT2D eigenvalue weighted by atomic mass is 10.1. The molecule has 4 aromatic heterocycles. The molecule has 0 atom stereocenters. The Morgan fingerprint density at radius 3 is 2.65 bits per heavy atom. The molecule has 0 fully saturated rings. The lowest BCUT2D eigenvalue weighted by Gasteiger charge is -2.04. The normalized spacial score (nSPS) is 11.0. The predicted octanol–water partition coefficient (Wildman–Crippen LogP) is 4.78. The molecule has 4 aromatic rings. The number of hydrogen-bond acceptors (Lipinski definition) is 5. The van der Waals surface area contributed by atoms with Gasteiger partial charge in [0, 0.05) is 23.3 Å². The van der Waals surface area contributed by atoms with Gasteiger partial charge in [-0.25, -0.2) is 9.97 Å². The molecule has 0 aliphatic carbocycles. The van der Waals surface area contributed by atoms with E-state index in [1.54, 1.807) is 12.4 Å². The van der Waals surface area contributed by atoms with E-state index in [9.17, 15) is 0 Å². The molecule has 0 aliphatic rings. The molecule has 4 heterocycles. The Bertz CT molecular complexity index is 998. The second kappa shape index (κ2) is 5.68. The maximum atomic E-state index is 6.36. The van der Waals surface area contributed by atoms with Crippen LogP contribution in [0.4, 0.5) is 0 Å². The van der Waals surface area contributed by atoms with Crippen molar-refractivity contribution in [3.8, 4) is 22.8 Å². The van der Waals surface area contributed by atoms with Gasteiger partial charge in [-0.15, -0.1) is 11.3 Å². The van der Waals surface area contributed by atoms with Crippen LogP contribution in [0.5, 0.6) is 0 Å². The van der Waals surface area contributed by atoms with Gasteiger partial charge in [0.2, 0.25) is 0 Å². The average Bonchev–Trinajstić information content (AvgIpc) is 3.00. The van der Waals surface area contributed by atoms with E-state index in [0.29, 0.717) is 16.7 Å². The summed E-state index contributed by atoms with van der Waals surface area (Å²) in [5.74, 6) is 0.524. The Morgan fingerprint density at radius 2 is 1.87 bits per heavy atom. The van der Waals surface area contributed by atoms with Crippen molar-refractivity contribution >= 4 is 33.2 Å². The summed E-state index contributed by atoms with van der Waals surface area (Å²) >= 11 is 7.89. The maximum absolute atomic E-state index is 6.36. The Labute approximate surface area is 141 Å². The Hall–Kier alpha value is -2.37. The van der Waals surface area contributed by atoms with E-state index in [0.717, 1.165) is 27.0 Å². The van der Waals surface area contributed by atoms with Crippen molar-refractivity contribution in [3.05, 3.63) is 58.8 Å². The van der Waals surface area contributed by atoms with Crippen LogP contribution in [0.2, 0.25) is 5.15 Å². The van der Waals surface area contributed by atoms with Crippen LogP contribution in [0.3, 0.4) is 0 Å². The predicted molar refractivity (Wildman–Crippen MR) is 93.6 cm³/mol. The van der Waals surface area contributed by atoms with Gasteiger partial charge in [0.25, 0.3) is 0 Å². The summed E-state index contributed by atoms with van der Waals surface area (Å²) in [6, 6.07) is 9.59. The van der Waals surface area contributed by atoms with Gasteiger partial charge in [0.1, 0.15) is 5.69 Å².